The fourth-order valence-electron chi connectivity index (χ4n) is 0.822. The maximum absolute atomic E-state index is 11.5. The number of hydrogen-bond donors (Lipinski definition) is 1. The standard InChI is InChI=1S/C8H18N2OS/c1-8(2,9)7(11)10(3)5-6-12-4/h5-6,9H2,1-4H3. The second kappa shape index (κ2) is 4.72. The van der Waals surface area contributed by atoms with Gasteiger partial charge in [0, 0.05) is 19.3 Å². The molecule has 0 rings (SSSR count). The zero-order chi connectivity index (χ0) is 9.78. The number of hydrogen-bond acceptors (Lipinski definition) is 3. The Balaban J connectivity index is 3.94. The van der Waals surface area contributed by atoms with Crippen molar-refractivity contribution in [3.8, 4) is 0 Å². The molecule has 0 bridgehead atoms. The minimum absolute atomic E-state index is 0.00319. The van der Waals surface area contributed by atoms with E-state index >= 15 is 0 Å². The Hall–Kier alpha value is -0.220. The Labute approximate surface area is 78.7 Å². The van der Waals surface area contributed by atoms with Crippen LogP contribution in [0.2, 0.25) is 0 Å². The van der Waals surface area contributed by atoms with Gasteiger partial charge in [-0.05, 0) is 20.1 Å². The van der Waals surface area contributed by atoms with Crippen molar-refractivity contribution in [3.63, 3.8) is 0 Å². The summed E-state index contributed by atoms with van der Waals surface area (Å²) in [7, 11) is 1.78. The van der Waals surface area contributed by atoms with Gasteiger partial charge in [-0.3, -0.25) is 4.79 Å². The molecule has 0 atom stereocenters. The van der Waals surface area contributed by atoms with Gasteiger partial charge in [-0.2, -0.15) is 11.8 Å². The topological polar surface area (TPSA) is 46.3 Å². The normalized spacial score (nSPS) is 11.4. The SMILES string of the molecule is CSCCN(C)C(=O)C(C)(C)N. The maximum atomic E-state index is 11.5. The Kier molecular flexibility index (Phi) is 4.63. The Morgan fingerprint density at radius 2 is 2.08 bits per heavy atom. The van der Waals surface area contributed by atoms with Gasteiger partial charge in [0.15, 0.2) is 0 Å². The predicted octanol–water partition coefficient (Wildman–Crippen LogP) is 0.545. The predicted molar refractivity (Wildman–Crippen MR) is 54.3 cm³/mol. The van der Waals surface area contributed by atoms with Gasteiger partial charge in [-0.25, -0.2) is 0 Å². The molecule has 0 aliphatic carbocycles. The van der Waals surface area contributed by atoms with Crippen molar-refractivity contribution in [2.45, 2.75) is 19.4 Å². The first-order chi connectivity index (χ1) is 5.39. The van der Waals surface area contributed by atoms with E-state index in [9.17, 15) is 4.79 Å². The molecule has 0 aliphatic heterocycles. The fourth-order valence-corrected chi connectivity index (χ4v) is 1.28. The summed E-state index contributed by atoms with van der Waals surface area (Å²) in [6.07, 6.45) is 2.02. The number of carbonyl (C=O) groups excluding carboxylic acids is 1. The van der Waals surface area contributed by atoms with Crippen molar-refractivity contribution in [3.05, 3.63) is 0 Å². The summed E-state index contributed by atoms with van der Waals surface area (Å²) in [5, 5.41) is 0. The molecule has 4 heteroatoms. The van der Waals surface area contributed by atoms with E-state index in [4.69, 9.17) is 5.73 Å². The number of nitrogens with two attached hydrogens (primary N) is 1. The van der Waals surface area contributed by atoms with Crippen LogP contribution in [-0.4, -0.2) is 41.9 Å². The highest BCUT2D eigenvalue weighted by Crippen LogP contribution is 2.03. The van der Waals surface area contributed by atoms with E-state index in [-0.39, 0.29) is 5.91 Å². The Morgan fingerprint density at radius 3 is 2.42 bits per heavy atom. The van der Waals surface area contributed by atoms with E-state index in [1.807, 2.05) is 6.26 Å². The smallest absolute Gasteiger partial charge is 0.241 e. The summed E-state index contributed by atoms with van der Waals surface area (Å²) in [4.78, 5) is 13.1. The monoisotopic (exact) mass is 190 g/mol. The van der Waals surface area contributed by atoms with Gasteiger partial charge in [0.25, 0.3) is 0 Å². The van der Waals surface area contributed by atoms with Crippen LogP contribution < -0.4 is 5.73 Å². The van der Waals surface area contributed by atoms with Crippen molar-refractivity contribution >= 4 is 17.7 Å². The highest BCUT2D eigenvalue weighted by Gasteiger charge is 2.24. The second-order valence-electron chi connectivity index (χ2n) is 3.44. The molecule has 1 amide bonds. The summed E-state index contributed by atoms with van der Waals surface area (Å²) in [5.74, 6) is 0.953. The summed E-state index contributed by atoms with van der Waals surface area (Å²) in [5.41, 5.74) is 4.91. The van der Waals surface area contributed by atoms with Gasteiger partial charge in [-0.15, -0.1) is 0 Å². The van der Waals surface area contributed by atoms with Crippen LogP contribution in [0.4, 0.5) is 0 Å². The molecular weight excluding hydrogens is 172 g/mol. The molecule has 3 nitrogen and oxygen atoms in total. The molecule has 0 aromatic rings. The summed E-state index contributed by atoms with van der Waals surface area (Å²) in [6, 6.07) is 0. The average molecular weight is 190 g/mol. The molecule has 72 valence electrons. The van der Waals surface area contributed by atoms with E-state index in [1.54, 1.807) is 37.6 Å². The molecule has 12 heavy (non-hydrogen) atoms. The number of rotatable bonds is 4. The highest BCUT2D eigenvalue weighted by atomic mass is 32.2. The first-order valence-electron chi connectivity index (χ1n) is 3.93. The van der Waals surface area contributed by atoms with Crippen molar-refractivity contribution in [2.24, 2.45) is 5.73 Å². The van der Waals surface area contributed by atoms with Crippen LogP contribution in [0.5, 0.6) is 0 Å². The van der Waals surface area contributed by atoms with Gasteiger partial charge < -0.3 is 10.6 Å². The quantitative estimate of drug-likeness (QED) is 0.704. The number of thioether (sulfide) groups is 1. The first kappa shape index (κ1) is 11.8. The van der Waals surface area contributed by atoms with Gasteiger partial charge in [0.05, 0.1) is 5.54 Å². The first-order valence-corrected chi connectivity index (χ1v) is 5.32. The zero-order valence-corrected chi connectivity index (χ0v) is 9.07. The Bertz CT molecular complexity index is 154. The van der Waals surface area contributed by atoms with Crippen molar-refractivity contribution in [2.75, 3.05) is 25.6 Å². The molecule has 0 radical (unpaired) electrons. The fraction of sp³-hybridized carbons (Fsp3) is 0.875. The molecule has 0 aliphatic rings. The van der Waals surface area contributed by atoms with Gasteiger partial charge >= 0.3 is 0 Å². The van der Waals surface area contributed by atoms with E-state index in [0.29, 0.717) is 0 Å². The molecule has 0 saturated heterocycles. The van der Waals surface area contributed by atoms with Crippen LogP contribution in [0.3, 0.4) is 0 Å². The number of likely N-dealkylation sites (N-methyl/N-ethyl adjacent to an activating group) is 1. The van der Waals surface area contributed by atoms with E-state index < -0.39 is 5.54 Å². The largest absolute Gasteiger partial charge is 0.343 e. The van der Waals surface area contributed by atoms with Crippen LogP contribution in [0, 0.1) is 0 Å². The van der Waals surface area contributed by atoms with Crippen molar-refractivity contribution < 1.29 is 4.79 Å². The molecule has 0 fully saturated rings. The third kappa shape index (κ3) is 3.97. The molecule has 2 N–H and O–H groups in total. The zero-order valence-electron chi connectivity index (χ0n) is 8.26. The third-order valence-corrected chi connectivity index (χ3v) is 2.12. The molecule has 0 unspecified atom stereocenters. The van der Waals surface area contributed by atoms with Gasteiger partial charge in [0.2, 0.25) is 5.91 Å². The molecule has 0 saturated carbocycles. The lowest BCUT2D eigenvalue weighted by Crippen LogP contribution is -2.50. The minimum atomic E-state index is -0.743. The lowest BCUT2D eigenvalue weighted by atomic mass is 10.1. The van der Waals surface area contributed by atoms with E-state index in [0.717, 1.165) is 12.3 Å². The molecule has 0 heterocycles. The number of nitrogens with zero attached hydrogens (tertiary/aromatic N) is 1. The van der Waals surface area contributed by atoms with Crippen molar-refractivity contribution in [1.82, 2.24) is 4.90 Å². The van der Waals surface area contributed by atoms with Crippen LogP contribution in [0.25, 0.3) is 0 Å². The molecule has 0 aromatic heterocycles. The van der Waals surface area contributed by atoms with Crippen LogP contribution >= 0.6 is 11.8 Å². The number of amides is 1. The molecular formula is C8H18N2OS. The van der Waals surface area contributed by atoms with Crippen LogP contribution in [0.1, 0.15) is 13.8 Å². The van der Waals surface area contributed by atoms with E-state index in [1.165, 1.54) is 0 Å². The lowest BCUT2D eigenvalue weighted by Gasteiger charge is -2.25. The summed E-state index contributed by atoms with van der Waals surface area (Å²) in [6.45, 7) is 4.22. The van der Waals surface area contributed by atoms with Crippen LogP contribution in [0.15, 0.2) is 0 Å². The summed E-state index contributed by atoms with van der Waals surface area (Å²) >= 11 is 1.72. The average Bonchev–Trinajstić information content (AvgIpc) is 1.97. The van der Waals surface area contributed by atoms with Crippen molar-refractivity contribution in [1.29, 1.82) is 0 Å². The third-order valence-electron chi connectivity index (χ3n) is 1.53. The molecule has 0 spiro atoms. The van der Waals surface area contributed by atoms with Gasteiger partial charge in [0.1, 0.15) is 0 Å². The molecule has 0 aromatic carbocycles. The van der Waals surface area contributed by atoms with Crippen LogP contribution in [-0.2, 0) is 4.79 Å². The Morgan fingerprint density at radius 1 is 1.58 bits per heavy atom. The maximum Gasteiger partial charge on any atom is 0.241 e. The minimum Gasteiger partial charge on any atom is -0.343 e. The second-order valence-corrected chi connectivity index (χ2v) is 4.43. The lowest BCUT2D eigenvalue weighted by molar-refractivity contribution is -0.134. The highest BCUT2D eigenvalue weighted by molar-refractivity contribution is 7.98. The number of carbonyl (C=O) groups is 1. The van der Waals surface area contributed by atoms with E-state index in [2.05, 4.69) is 0 Å². The van der Waals surface area contributed by atoms with Gasteiger partial charge in [-0.1, -0.05) is 0 Å². The summed E-state index contributed by atoms with van der Waals surface area (Å²) < 4.78 is 0.